The van der Waals surface area contributed by atoms with E-state index in [9.17, 15) is 13.2 Å². The van der Waals surface area contributed by atoms with Gasteiger partial charge in [0.2, 0.25) is 0 Å². The number of hydrogen-bond acceptors (Lipinski definition) is 5. The number of aryl methyl sites for hydroxylation is 1. The standard InChI is InChI=1S/C19H16Cl2N2O3S2/c1-11-3-4-12(8-17(11)21)7-13-10-22-19(27-13)23-18(24)15-9-14(28(2,25)26)5-6-16(15)20/h3-6,8-10H,7H2,1-2H3,(H,22,23,24). The molecule has 9 heteroatoms. The van der Waals surface area contributed by atoms with Crippen molar-refractivity contribution in [3.8, 4) is 0 Å². The quantitative estimate of drug-likeness (QED) is 0.587. The van der Waals surface area contributed by atoms with Crippen LogP contribution in [0, 0.1) is 6.92 Å². The third-order valence-corrected chi connectivity index (χ3v) is 6.76. The summed E-state index contributed by atoms with van der Waals surface area (Å²) in [7, 11) is -3.45. The molecule has 2 aromatic carbocycles. The SMILES string of the molecule is Cc1ccc(Cc2cnc(NC(=O)c3cc(S(C)(=O)=O)ccc3Cl)s2)cc1Cl. The highest BCUT2D eigenvalue weighted by molar-refractivity contribution is 7.90. The number of nitrogens with one attached hydrogen (secondary N) is 1. The second-order valence-electron chi connectivity index (χ2n) is 6.26. The molecule has 0 aliphatic rings. The molecule has 0 aliphatic heterocycles. The zero-order valence-corrected chi connectivity index (χ0v) is 18.1. The number of carbonyl (C=O) groups is 1. The molecule has 28 heavy (non-hydrogen) atoms. The van der Waals surface area contributed by atoms with Crippen LogP contribution in [0.25, 0.3) is 0 Å². The Morgan fingerprint density at radius 1 is 1.14 bits per heavy atom. The molecule has 146 valence electrons. The molecule has 0 fully saturated rings. The number of carbonyl (C=O) groups excluding carboxylic acids is 1. The number of halogens is 2. The van der Waals surface area contributed by atoms with Crippen LogP contribution in [0.1, 0.15) is 26.4 Å². The largest absolute Gasteiger partial charge is 0.298 e. The van der Waals surface area contributed by atoms with Crippen LogP contribution >= 0.6 is 34.5 Å². The van der Waals surface area contributed by atoms with Gasteiger partial charge in [-0.15, -0.1) is 11.3 Å². The minimum Gasteiger partial charge on any atom is -0.298 e. The van der Waals surface area contributed by atoms with Crippen molar-refractivity contribution >= 4 is 55.4 Å². The van der Waals surface area contributed by atoms with Crippen molar-refractivity contribution in [2.24, 2.45) is 0 Å². The van der Waals surface area contributed by atoms with E-state index in [4.69, 9.17) is 23.2 Å². The molecular weight excluding hydrogens is 439 g/mol. The predicted octanol–water partition coefficient (Wildman–Crippen LogP) is 5.00. The van der Waals surface area contributed by atoms with Gasteiger partial charge in [-0.25, -0.2) is 13.4 Å². The van der Waals surface area contributed by atoms with E-state index in [-0.39, 0.29) is 15.5 Å². The predicted molar refractivity (Wildman–Crippen MR) is 114 cm³/mol. The Morgan fingerprint density at radius 2 is 1.89 bits per heavy atom. The van der Waals surface area contributed by atoms with E-state index in [1.54, 1.807) is 6.20 Å². The van der Waals surface area contributed by atoms with Crippen molar-refractivity contribution in [2.75, 3.05) is 11.6 Å². The zero-order chi connectivity index (χ0) is 20.5. The summed E-state index contributed by atoms with van der Waals surface area (Å²) < 4.78 is 23.4. The van der Waals surface area contributed by atoms with Gasteiger partial charge >= 0.3 is 0 Å². The lowest BCUT2D eigenvalue weighted by Crippen LogP contribution is -2.13. The maximum Gasteiger partial charge on any atom is 0.259 e. The molecule has 1 heterocycles. The van der Waals surface area contributed by atoms with E-state index in [2.05, 4.69) is 10.3 Å². The third kappa shape index (κ3) is 4.91. The van der Waals surface area contributed by atoms with Crippen LogP contribution in [-0.4, -0.2) is 25.6 Å². The van der Waals surface area contributed by atoms with Gasteiger partial charge in [-0.05, 0) is 42.3 Å². The Balaban J connectivity index is 1.76. The molecule has 0 atom stereocenters. The summed E-state index contributed by atoms with van der Waals surface area (Å²) in [5.41, 5.74) is 2.13. The van der Waals surface area contributed by atoms with Crippen LogP contribution in [-0.2, 0) is 16.3 Å². The van der Waals surface area contributed by atoms with Crippen molar-refractivity contribution in [2.45, 2.75) is 18.2 Å². The second kappa shape index (κ2) is 8.21. The first-order chi connectivity index (χ1) is 13.1. The first kappa shape index (κ1) is 20.8. The number of thiazole rings is 1. The molecule has 0 saturated heterocycles. The average Bonchev–Trinajstić information content (AvgIpc) is 3.04. The fourth-order valence-electron chi connectivity index (χ4n) is 2.47. The first-order valence-corrected chi connectivity index (χ1v) is 11.6. The van der Waals surface area contributed by atoms with Crippen LogP contribution in [0.5, 0.6) is 0 Å². The van der Waals surface area contributed by atoms with Crippen LogP contribution < -0.4 is 5.32 Å². The number of hydrogen-bond donors (Lipinski definition) is 1. The van der Waals surface area contributed by atoms with Gasteiger partial charge in [0, 0.05) is 28.8 Å². The topological polar surface area (TPSA) is 76.1 Å². The maximum atomic E-state index is 12.5. The summed E-state index contributed by atoms with van der Waals surface area (Å²) in [6, 6.07) is 9.87. The molecule has 0 bridgehead atoms. The Hall–Kier alpha value is -1.93. The first-order valence-electron chi connectivity index (χ1n) is 8.14. The Bertz CT molecular complexity index is 1160. The molecule has 1 N–H and O–H groups in total. The van der Waals surface area contributed by atoms with E-state index in [0.717, 1.165) is 22.3 Å². The number of nitrogens with zero attached hydrogens (tertiary/aromatic N) is 1. The average molecular weight is 455 g/mol. The molecule has 0 unspecified atom stereocenters. The second-order valence-corrected chi connectivity index (χ2v) is 10.2. The highest BCUT2D eigenvalue weighted by Crippen LogP contribution is 2.26. The van der Waals surface area contributed by atoms with Gasteiger partial charge in [-0.1, -0.05) is 35.3 Å². The van der Waals surface area contributed by atoms with E-state index in [1.165, 1.54) is 29.5 Å². The lowest BCUT2D eigenvalue weighted by Gasteiger charge is -2.06. The van der Waals surface area contributed by atoms with Crippen LogP contribution in [0.4, 0.5) is 5.13 Å². The lowest BCUT2D eigenvalue weighted by molar-refractivity contribution is 0.102. The molecule has 3 aromatic rings. The van der Waals surface area contributed by atoms with E-state index < -0.39 is 15.7 Å². The van der Waals surface area contributed by atoms with Crippen molar-refractivity contribution in [1.29, 1.82) is 0 Å². The summed E-state index contributed by atoms with van der Waals surface area (Å²) in [5.74, 6) is -0.519. The van der Waals surface area contributed by atoms with Crippen molar-refractivity contribution < 1.29 is 13.2 Å². The summed E-state index contributed by atoms with van der Waals surface area (Å²) in [6.07, 6.45) is 3.39. The summed E-state index contributed by atoms with van der Waals surface area (Å²) in [6.45, 7) is 1.94. The number of sulfone groups is 1. The van der Waals surface area contributed by atoms with Crippen molar-refractivity contribution in [3.63, 3.8) is 0 Å². The number of aromatic nitrogens is 1. The highest BCUT2D eigenvalue weighted by Gasteiger charge is 2.17. The Kier molecular flexibility index (Phi) is 6.09. The molecule has 5 nitrogen and oxygen atoms in total. The Morgan fingerprint density at radius 3 is 2.57 bits per heavy atom. The highest BCUT2D eigenvalue weighted by atomic mass is 35.5. The fraction of sp³-hybridized carbons (Fsp3) is 0.158. The van der Waals surface area contributed by atoms with Gasteiger partial charge in [0.05, 0.1) is 15.5 Å². The maximum absolute atomic E-state index is 12.5. The number of anilines is 1. The monoisotopic (exact) mass is 454 g/mol. The molecule has 1 aromatic heterocycles. The van der Waals surface area contributed by atoms with E-state index in [1.807, 2.05) is 25.1 Å². The summed E-state index contributed by atoms with van der Waals surface area (Å²) in [4.78, 5) is 17.7. The van der Waals surface area contributed by atoms with Crippen LogP contribution in [0.15, 0.2) is 47.5 Å². The van der Waals surface area contributed by atoms with Gasteiger partial charge in [0.15, 0.2) is 15.0 Å². The van der Waals surface area contributed by atoms with Crippen molar-refractivity contribution in [1.82, 2.24) is 4.98 Å². The normalized spacial score (nSPS) is 11.4. The summed E-state index contributed by atoms with van der Waals surface area (Å²) in [5, 5.41) is 3.94. The van der Waals surface area contributed by atoms with Gasteiger partial charge in [0.25, 0.3) is 5.91 Å². The van der Waals surface area contributed by atoms with Crippen molar-refractivity contribution in [3.05, 3.63) is 74.2 Å². The third-order valence-electron chi connectivity index (χ3n) is 4.00. The van der Waals surface area contributed by atoms with Gasteiger partial charge < -0.3 is 0 Å². The summed E-state index contributed by atoms with van der Waals surface area (Å²) >= 11 is 13.5. The van der Waals surface area contributed by atoms with Crippen LogP contribution in [0.2, 0.25) is 10.0 Å². The number of rotatable bonds is 5. The van der Waals surface area contributed by atoms with E-state index in [0.29, 0.717) is 16.6 Å². The molecule has 0 aliphatic carbocycles. The number of benzene rings is 2. The Labute approximate surface area is 177 Å². The molecular formula is C19H16Cl2N2O3S2. The minimum atomic E-state index is -3.45. The van der Waals surface area contributed by atoms with E-state index >= 15 is 0 Å². The molecule has 0 spiro atoms. The van der Waals surface area contributed by atoms with Gasteiger partial charge in [-0.2, -0.15) is 0 Å². The zero-order valence-electron chi connectivity index (χ0n) is 15.0. The number of amides is 1. The van der Waals surface area contributed by atoms with Crippen LogP contribution in [0.3, 0.4) is 0 Å². The molecule has 3 rings (SSSR count). The minimum absolute atomic E-state index is 0.0260. The molecule has 0 saturated carbocycles. The van der Waals surface area contributed by atoms with Gasteiger partial charge in [0.1, 0.15) is 0 Å². The molecule has 1 amide bonds. The lowest BCUT2D eigenvalue weighted by atomic mass is 10.1. The van der Waals surface area contributed by atoms with Gasteiger partial charge in [-0.3, -0.25) is 10.1 Å². The fourth-order valence-corrected chi connectivity index (χ4v) is 4.36. The smallest absolute Gasteiger partial charge is 0.259 e. The molecule has 0 radical (unpaired) electrons.